The number of hydrogen-bond acceptors (Lipinski definition) is 4. The van der Waals surface area contributed by atoms with Crippen LogP contribution in [-0.4, -0.2) is 36.2 Å². The zero-order chi connectivity index (χ0) is 13.7. The van der Waals surface area contributed by atoms with Crippen molar-refractivity contribution < 1.29 is 4.74 Å². The minimum Gasteiger partial charge on any atom is -0.495 e. The van der Waals surface area contributed by atoms with Gasteiger partial charge < -0.3 is 10.1 Å². The molecule has 0 amide bonds. The van der Waals surface area contributed by atoms with Crippen molar-refractivity contribution in [2.45, 2.75) is 11.8 Å². The van der Waals surface area contributed by atoms with Crippen LogP contribution in [0.15, 0.2) is 21.1 Å². The predicted molar refractivity (Wildman–Crippen MR) is 93.7 cm³/mol. The quantitative estimate of drug-likeness (QED) is 0.762. The van der Waals surface area contributed by atoms with E-state index >= 15 is 0 Å². The maximum absolute atomic E-state index is 5.46. The summed E-state index contributed by atoms with van der Waals surface area (Å²) in [5.74, 6) is 4.76. The Bertz CT molecular complexity index is 425. The van der Waals surface area contributed by atoms with Crippen LogP contribution in [0.25, 0.3) is 0 Å². The van der Waals surface area contributed by atoms with Crippen LogP contribution in [0.3, 0.4) is 0 Å². The molecule has 6 heteroatoms. The third-order valence-corrected chi connectivity index (χ3v) is 6.75. The van der Waals surface area contributed by atoms with Gasteiger partial charge in [0.15, 0.2) is 0 Å². The van der Waals surface area contributed by atoms with E-state index in [1.54, 1.807) is 7.11 Å². The van der Waals surface area contributed by atoms with Gasteiger partial charge in [-0.2, -0.15) is 23.5 Å². The number of nitrogens with one attached hydrogen (secondary N) is 1. The normalized spacial score (nSPS) is 19.4. The Morgan fingerprint density at radius 1 is 1.37 bits per heavy atom. The third-order valence-electron chi connectivity index (χ3n) is 2.86. The lowest BCUT2D eigenvalue weighted by molar-refractivity contribution is 0.405. The molecule has 0 bridgehead atoms. The zero-order valence-electron chi connectivity index (χ0n) is 10.7. The second-order valence-corrected chi connectivity index (χ2v) is 8.61. The van der Waals surface area contributed by atoms with Crippen molar-refractivity contribution in [2.24, 2.45) is 0 Å². The number of rotatable bonds is 5. The van der Waals surface area contributed by atoms with E-state index in [0.717, 1.165) is 33.0 Å². The summed E-state index contributed by atoms with van der Waals surface area (Å²) in [4.78, 5) is 0. The largest absolute Gasteiger partial charge is 0.495 e. The topological polar surface area (TPSA) is 21.3 Å². The van der Waals surface area contributed by atoms with Crippen molar-refractivity contribution in [3.63, 3.8) is 0 Å². The summed E-state index contributed by atoms with van der Waals surface area (Å²) in [6.07, 6.45) is 0. The van der Waals surface area contributed by atoms with E-state index in [4.69, 9.17) is 4.74 Å². The van der Waals surface area contributed by atoms with Gasteiger partial charge in [-0.15, -0.1) is 0 Å². The lowest BCUT2D eigenvalue weighted by Crippen LogP contribution is -2.28. The van der Waals surface area contributed by atoms with Gasteiger partial charge in [-0.3, -0.25) is 0 Å². The number of methoxy groups -OCH3 is 1. The molecule has 2 rings (SSSR count). The molecule has 1 aromatic rings. The Hall–Kier alpha value is 0.640. The average molecular weight is 427 g/mol. The number of benzene rings is 1. The van der Waals surface area contributed by atoms with Crippen molar-refractivity contribution in [1.29, 1.82) is 0 Å². The summed E-state index contributed by atoms with van der Waals surface area (Å²) in [5.41, 5.74) is 1.18. The Morgan fingerprint density at radius 2 is 2.21 bits per heavy atom. The molecule has 1 aliphatic heterocycles. The molecule has 0 saturated carbocycles. The van der Waals surface area contributed by atoms with Gasteiger partial charge in [0.25, 0.3) is 0 Å². The van der Waals surface area contributed by atoms with Gasteiger partial charge in [-0.1, -0.05) is 15.9 Å². The van der Waals surface area contributed by atoms with Crippen LogP contribution in [-0.2, 0) is 6.54 Å². The zero-order valence-corrected chi connectivity index (χ0v) is 15.6. The second kappa shape index (κ2) is 8.17. The highest BCUT2D eigenvalue weighted by atomic mass is 79.9. The van der Waals surface area contributed by atoms with Crippen LogP contribution in [0, 0.1) is 0 Å². The highest BCUT2D eigenvalue weighted by Crippen LogP contribution is 2.32. The number of ether oxygens (including phenoxy) is 1. The van der Waals surface area contributed by atoms with Crippen LogP contribution in [0.1, 0.15) is 5.56 Å². The SMILES string of the molecule is COc1c(Br)cc(Br)cc1CNCC1CSCCS1. The smallest absolute Gasteiger partial charge is 0.137 e. The summed E-state index contributed by atoms with van der Waals surface area (Å²) in [6, 6.07) is 4.12. The molecule has 0 aromatic heterocycles. The Labute approximate surface area is 140 Å². The molecule has 1 aromatic carbocycles. The molecule has 0 radical (unpaired) electrons. The standard InChI is InChI=1S/C13H17Br2NOS2/c1-17-13-9(4-10(14)5-12(13)15)6-16-7-11-8-18-2-3-19-11/h4-5,11,16H,2-3,6-8H2,1H3. The number of halogens is 2. The van der Waals surface area contributed by atoms with Gasteiger partial charge in [0, 0.05) is 45.6 Å². The Balaban J connectivity index is 1.91. The molecular weight excluding hydrogens is 410 g/mol. The van der Waals surface area contributed by atoms with Gasteiger partial charge in [-0.05, 0) is 28.1 Å². The minimum absolute atomic E-state index is 0.736. The van der Waals surface area contributed by atoms with Gasteiger partial charge in [0.2, 0.25) is 0 Å². The number of hydrogen-bond donors (Lipinski definition) is 1. The van der Waals surface area contributed by atoms with E-state index < -0.39 is 0 Å². The summed E-state index contributed by atoms with van der Waals surface area (Å²) >= 11 is 11.2. The van der Waals surface area contributed by atoms with E-state index in [-0.39, 0.29) is 0 Å². The van der Waals surface area contributed by atoms with E-state index in [1.165, 1.54) is 22.8 Å². The summed E-state index contributed by atoms with van der Waals surface area (Å²) < 4.78 is 7.52. The first-order valence-electron chi connectivity index (χ1n) is 6.12. The molecule has 1 fully saturated rings. The molecule has 0 spiro atoms. The maximum atomic E-state index is 5.46. The van der Waals surface area contributed by atoms with E-state index in [0.29, 0.717) is 0 Å². The van der Waals surface area contributed by atoms with Gasteiger partial charge in [0.1, 0.15) is 5.75 Å². The fourth-order valence-corrected chi connectivity index (χ4v) is 6.12. The van der Waals surface area contributed by atoms with Crippen molar-refractivity contribution in [1.82, 2.24) is 5.32 Å². The number of thioether (sulfide) groups is 2. The molecule has 106 valence electrons. The predicted octanol–water partition coefficient (Wildman–Crippen LogP) is 4.16. The highest BCUT2D eigenvalue weighted by Gasteiger charge is 2.14. The van der Waals surface area contributed by atoms with Crippen molar-refractivity contribution in [2.75, 3.05) is 30.9 Å². The molecule has 2 nitrogen and oxygen atoms in total. The average Bonchev–Trinajstić information content (AvgIpc) is 2.39. The van der Waals surface area contributed by atoms with Crippen LogP contribution >= 0.6 is 55.4 Å². The fourth-order valence-electron chi connectivity index (χ4n) is 2.00. The van der Waals surface area contributed by atoms with Crippen LogP contribution in [0.2, 0.25) is 0 Å². The molecular formula is C13H17Br2NOS2. The lowest BCUT2D eigenvalue weighted by Gasteiger charge is -2.21. The van der Waals surface area contributed by atoms with E-state index in [1.807, 2.05) is 6.07 Å². The Morgan fingerprint density at radius 3 is 2.89 bits per heavy atom. The maximum Gasteiger partial charge on any atom is 0.137 e. The minimum atomic E-state index is 0.736. The molecule has 1 saturated heterocycles. The van der Waals surface area contributed by atoms with Crippen molar-refractivity contribution in [3.05, 3.63) is 26.6 Å². The van der Waals surface area contributed by atoms with Gasteiger partial charge >= 0.3 is 0 Å². The fraction of sp³-hybridized carbons (Fsp3) is 0.538. The first-order valence-corrected chi connectivity index (χ1v) is 9.91. The van der Waals surface area contributed by atoms with E-state index in [2.05, 4.69) is 66.8 Å². The van der Waals surface area contributed by atoms with E-state index in [9.17, 15) is 0 Å². The molecule has 1 unspecified atom stereocenters. The van der Waals surface area contributed by atoms with Crippen molar-refractivity contribution >= 4 is 55.4 Å². The van der Waals surface area contributed by atoms with Crippen molar-refractivity contribution in [3.8, 4) is 5.75 Å². The first kappa shape index (κ1) is 16.0. The summed E-state index contributed by atoms with van der Waals surface area (Å²) in [5, 5.41) is 4.28. The van der Waals surface area contributed by atoms with Crippen LogP contribution < -0.4 is 10.1 Å². The van der Waals surface area contributed by atoms with Crippen LogP contribution in [0.4, 0.5) is 0 Å². The first-order chi connectivity index (χ1) is 9.20. The van der Waals surface area contributed by atoms with Gasteiger partial charge in [0.05, 0.1) is 11.6 Å². The summed E-state index contributed by atoms with van der Waals surface area (Å²) in [7, 11) is 1.71. The lowest BCUT2D eigenvalue weighted by atomic mass is 10.2. The Kier molecular flexibility index (Phi) is 6.89. The van der Waals surface area contributed by atoms with Gasteiger partial charge in [-0.25, -0.2) is 0 Å². The van der Waals surface area contributed by atoms with Crippen LogP contribution in [0.5, 0.6) is 5.75 Å². The molecule has 1 heterocycles. The highest BCUT2D eigenvalue weighted by molar-refractivity contribution is 9.11. The molecule has 1 atom stereocenters. The molecule has 1 N–H and O–H groups in total. The third kappa shape index (κ3) is 4.84. The second-order valence-electron chi connectivity index (χ2n) is 4.28. The molecule has 19 heavy (non-hydrogen) atoms. The molecule has 0 aliphatic carbocycles. The summed E-state index contributed by atoms with van der Waals surface area (Å²) in [6.45, 7) is 1.90. The monoisotopic (exact) mass is 425 g/mol. The molecule has 1 aliphatic rings.